The molecule has 29 heavy (non-hydrogen) atoms. The van der Waals surface area contributed by atoms with Crippen LogP contribution < -0.4 is 0 Å². The van der Waals surface area contributed by atoms with Gasteiger partial charge in [0, 0.05) is 21.7 Å². The van der Waals surface area contributed by atoms with Crippen molar-refractivity contribution in [1.82, 2.24) is 25.4 Å². The number of hydrogen-bond acceptors (Lipinski definition) is 4. The molecule has 0 unspecified atom stereocenters. The normalized spacial score (nSPS) is 13.8. The minimum atomic E-state index is 0.448. The lowest BCUT2D eigenvalue weighted by Crippen LogP contribution is -2.08. The zero-order chi connectivity index (χ0) is 19.5. The van der Waals surface area contributed by atoms with Crippen LogP contribution in [0.25, 0.3) is 44.0 Å². The number of nitrogens with one attached hydrogen (secondary N) is 2. The molecule has 0 spiro atoms. The molecule has 1 aliphatic carbocycles. The maximum atomic E-state index is 9.57. The van der Waals surface area contributed by atoms with Crippen molar-refractivity contribution < 1.29 is 0 Å². The number of H-pyrrole nitrogens is 2. The van der Waals surface area contributed by atoms with Crippen LogP contribution in [0.15, 0.2) is 30.3 Å². The Morgan fingerprint density at radius 3 is 2.59 bits per heavy atom. The van der Waals surface area contributed by atoms with Gasteiger partial charge in [0.15, 0.2) is 5.69 Å². The van der Waals surface area contributed by atoms with Crippen LogP contribution in [0.3, 0.4) is 0 Å². The van der Waals surface area contributed by atoms with Gasteiger partial charge in [-0.3, -0.25) is 10.2 Å². The third kappa shape index (κ3) is 2.24. The van der Waals surface area contributed by atoms with Gasteiger partial charge >= 0.3 is 0 Å². The van der Waals surface area contributed by atoms with E-state index in [2.05, 4.69) is 44.7 Å². The molecule has 0 aliphatic heterocycles. The largest absolute Gasteiger partial charge is 0.278 e. The van der Waals surface area contributed by atoms with Gasteiger partial charge in [0.2, 0.25) is 0 Å². The van der Waals surface area contributed by atoms with Crippen LogP contribution in [0.4, 0.5) is 0 Å². The van der Waals surface area contributed by atoms with Crippen LogP contribution in [0.1, 0.15) is 35.4 Å². The Bertz CT molecular complexity index is 1480. The van der Waals surface area contributed by atoms with E-state index in [0.29, 0.717) is 5.69 Å². The van der Waals surface area contributed by atoms with Crippen LogP contribution in [0, 0.1) is 18.3 Å². The quantitative estimate of drug-likeness (QED) is 0.441. The van der Waals surface area contributed by atoms with Gasteiger partial charge in [-0.25, -0.2) is 4.98 Å². The fourth-order valence-corrected chi connectivity index (χ4v) is 4.74. The average Bonchev–Trinajstić information content (AvgIpc) is 3.36. The van der Waals surface area contributed by atoms with E-state index < -0.39 is 0 Å². The smallest absolute Gasteiger partial charge is 0.170 e. The standard InChI is InChI=1S/C23H18N6/c1-12-16-10-13(6-7-17(16)27-26-12)23-15-5-3-2-4-14(15)21-18(25-23)8-9-19-22(21)20(11-24)29-28-19/h6-10H,2-5H2,1H3,(H,26,27)(H,28,29). The van der Waals surface area contributed by atoms with Crippen molar-refractivity contribution in [2.45, 2.75) is 32.6 Å². The van der Waals surface area contributed by atoms with Crippen molar-refractivity contribution in [3.63, 3.8) is 0 Å². The first-order valence-electron chi connectivity index (χ1n) is 9.92. The Morgan fingerprint density at radius 1 is 0.931 bits per heavy atom. The van der Waals surface area contributed by atoms with E-state index in [4.69, 9.17) is 4.98 Å². The van der Waals surface area contributed by atoms with Crippen molar-refractivity contribution in [2.24, 2.45) is 0 Å². The number of nitrogens with zero attached hydrogens (tertiary/aromatic N) is 4. The highest BCUT2D eigenvalue weighted by molar-refractivity contribution is 6.10. The third-order valence-corrected chi connectivity index (χ3v) is 6.13. The molecule has 0 bridgehead atoms. The molecule has 6 heteroatoms. The number of benzene rings is 2. The molecule has 0 radical (unpaired) electrons. The minimum absolute atomic E-state index is 0.448. The second-order valence-electron chi connectivity index (χ2n) is 7.76. The van der Waals surface area contributed by atoms with Gasteiger partial charge in [-0.15, -0.1) is 0 Å². The molecule has 6 nitrogen and oxygen atoms in total. The summed E-state index contributed by atoms with van der Waals surface area (Å²) in [6.45, 7) is 2.02. The number of rotatable bonds is 1. The van der Waals surface area contributed by atoms with Gasteiger partial charge in [-0.1, -0.05) is 6.07 Å². The van der Waals surface area contributed by atoms with E-state index in [9.17, 15) is 5.26 Å². The maximum Gasteiger partial charge on any atom is 0.170 e. The summed E-state index contributed by atoms with van der Waals surface area (Å²) in [6, 6.07) is 12.6. The molecule has 2 N–H and O–H groups in total. The molecule has 140 valence electrons. The Labute approximate surface area is 166 Å². The fourth-order valence-electron chi connectivity index (χ4n) is 4.74. The first-order valence-corrected chi connectivity index (χ1v) is 9.92. The molecule has 2 aromatic carbocycles. The summed E-state index contributed by atoms with van der Waals surface area (Å²) in [7, 11) is 0. The fraction of sp³-hybridized carbons (Fsp3) is 0.217. The van der Waals surface area contributed by atoms with Crippen molar-refractivity contribution in [3.05, 3.63) is 52.8 Å². The lowest BCUT2D eigenvalue weighted by atomic mass is 9.85. The van der Waals surface area contributed by atoms with Gasteiger partial charge in [0.25, 0.3) is 0 Å². The van der Waals surface area contributed by atoms with Crippen LogP contribution in [-0.4, -0.2) is 25.4 Å². The lowest BCUT2D eigenvalue weighted by Gasteiger charge is -2.22. The van der Waals surface area contributed by atoms with E-state index in [1.54, 1.807) is 0 Å². The summed E-state index contributed by atoms with van der Waals surface area (Å²) in [5.74, 6) is 0. The van der Waals surface area contributed by atoms with E-state index in [-0.39, 0.29) is 0 Å². The van der Waals surface area contributed by atoms with Crippen LogP contribution in [0.5, 0.6) is 0 Å². The second-order valence-corrected chi connectivity index (χ2v) is 7.76. The van der Waals surface area contributed by atoms with Gasteiger partial charge in [0.1, 0.15) is 6.07 Å². The van der Waals surface area contributed by atoms with Crippen molar-refractivity contribution in [3.8, 4) is 17.3 Å². The monoisotopic (exact) mass is 378 g/mol. The number of hydrogen-bond donors (Lipinski definition) is 2. The highest BCUT2D eigenvalue weighted by Gasteiger charge is 2.23. The summed E-state index contributed by atoms with van der Waals surface area (Å²) in [6.07, 6.45) is 4.32. The molecule has 0 atom stereocenters. The predicted octanol–water partition coefficient (Wildman–Crippen LogP) is 4.71. The summed E-state index contributed by atoms with van der Waals surface area (Å²) < 4.78 is 0. The van der Waals surface area contributed by atoms with Gasteiger partial charge < -0.3 is 0 Å². The number of aryl methyl sites for hydroxylation is 2. The summed E-state index contributed by atoms with van der Waals surface area (Å²) in [5, 5.41) is 27.3. The van der Waals surface area contributed by atoms with Crippen molar-refractivity contribution in [2.75, 3.05) is 0 Å². The topological polar surface area (TPSA) is 94.0 Å². The Balaban J connectivity index is 1.72. The molecule has 0 amide bonds. The first-order chi connectivity index (χ1) is 14.2. The number of pyridine rings is 1. The van der Waals surface area contributed by atoms with Gasteiger partial charge in [-0.05, 0) is 68.0 Å². The zero-order valence-electron chi connectivity index (χ0n) is 16.0. The molecule has 3 aromatic heterocycles. The van der Waals surface area contributed by atoms with Crippen LogP contribution in [0.2, 0.25) is 0 Å². The molecule has 1 aliphatic rings. The highest BCUT2D eigenvalue weighted by atomic mass is 15.1. The zero-order valence-corrected chi connectivity index (χ0v) is 16.0. The SMILES string of the molecule is Cc1n[nH]c2ccc(-c3nc4ccc5[nH]nc(C#N)c5c4c4c3CCCC4)cc12. The predicted molar refractivity (Wildman–Crippen MR) is 113 cm³/mol. The number of nitriles is 1. The third-order valence-electron chi connectivity index (χ3n) is 6.13. The molecule has 0 saturated carbocycles. The molecule has 5 aromatic rings. The van der Waals surface area contributed by atoms with Crippen LogP contribution in [-0.2, 0) is 12.8 Å². The molecule has 0 saturated heterocycles. The Kier molecular flexibility index (Phi) is 3.30. The maximum absolute atomic E-state index is 9.57. The number of aromatic amines is 2. The Hall–Kier alpha value is -3.72. The summed E-state index contributed by atoms with van der Waals surface area (Å²) in [5.41, 5.74) is 9.11. The molecular weight excluding hydrogens is 360 g/mol. The molecule has 6 rings (SSSR count). The second kappa shape index (κ2) is 5.89. The Morgan fingerprint density at radius 2 is 1.72 bits per heavy atom. The highest BCUT2D eigenvalue weighted by Crippen LogP contribution is 2.39. The summed E-state index contributed by atoms with van der Waals surface area (Å²) >= 11 is 0. The van der Waals surface area contributed by atoms with Crippen molar-refractivity contribution in [1.29, 1.82) is 5.26 Å². The number of aromatic nitrogens is 5. The van der Waals surface area contributed by atoms with E-state index >= 15 is 0 Å². The molecule has 0 fully saturated rings. The molecular formula is C23H18N6. The van der Waals surface area contributed by atoms with E-state index in [1.807, 2.05) is 19.1 Å². The van der Waals surface area contributed by atoms with Gasteiger partial charge in [0.05, 0.1) is 27.9 Å². The van der Waals surface area contributed by atoms with Crippen molar-refractivity contribution >= 4 is 32.7 Å². The molecule has 3 heterocycles. The first kappa shape index (κ1) is 16.3. The number of fused-ring (bicyclic) bond motifs is 6. The lowest BCUT2D eigenvalue weighted by molar-refractivity contribution is 0.689. The van der Waals surface area contributed by atoms with E-state index in [1.165, 1.54) is 11.1 Å². The average molecular weight is 378 g/mol. The summed E-state index contributed by atoms with van der Waals surface area (Å²) in [4.78, 5) is 5.10. The minimum Gasteiger partial charge on any atom is -0.278 e. The van der Waals surface area contributed by atoms with Gasteiger partial charge in [-0.2, -0.15) is 15.5 Å². The van der Waals surface area contributed by atoms with Crippen LogP contribution >= 0.6 is 0 Å². The van der Waals surface area contributed by atoms with E-state index in [0.717, 1.165) is 75.3 Å².